The number of ketones is 1. The van der Waals surface area contributed by atoms with Gasteiger partial charge >= 0.3 is 12.1 Å². The molecule has 0 radical (unpaired) electrons. The van der Waals surface area contributed by atoms with E-state index in [2.05, 4.69) is 0 Å². The normalized spacial score (nSPS) is 14.0. The van der Waals surface area contributed by atoms with Crippen molar-refractivity contribution in [3.63, 3.8) is 0 Å². The number of carbonyl (C=O) groups is 3. The van der Waals surface area contributed by atoms with Crippen LogP contribution >= 0.6 is 0 Å². The van der Waals surface area contributed by atoms with Crippen LogP contribution in [0.1, 0.15) is 34.1 Å². The Hall–Kier alpha value is -4.79. The van der Waals surface area contributed by atoms with Gasteiger partial charge in [-0.1, -0.05) is 19.1 Å². The molecule has 1 saturated heterocycles. The molecule has 9 nitrogen and oxygen atoms in total. The maximum atomic E-state index is 13.8. The maximum Gasteiger partial charge on any atom is 0.471 e. The lowest BCUT2D eigenvalue weighted by Gasteiger charge is -2.35. The molecule has 0 N–H and O–H groups in total. The van der Waals surface area contributed by atoms with Crippen LogP contribution in [0.3, 0.4) is 0 Å². The Labute approximate surface area is 272 Å². The Balaban J connectivity index is 1.63. The first-order valence-corrected chi connectivity index (χ1v) is 16.7. The number of alkyl halides is 4. The van der Waals surface area contributed by atoms with Crippen LogP contribution < -0.4 is 4.31 Å². The SMILES string of the molecule is CCC(=O)c1c(-c2ccc(F)cc2)oc2cc(N(CCF)S(C)(=O)=O)c(-c3cccc(C(=O)N4CCN(C(=O)C(F)(F)F)CC4)c3)cc12. The Morgan fingerprint density at radius 2 is 1.56 bits per heavy atom. The molecule has 0 unspecified atom stereocenters. The molecule has 0 spiro atoms. The van der Waals surface area contributed by atoms with E-state index in [1.54, 1.807) is 13.0 Å². The Morgan fingerprint density at radius 3 is 2.15 bits per heavy atom. The third-order valence-electron chi connectivity index (χ3n) is 7.99. The minimum Gasteiger partial charge on any atom is -0.455 e. The summed E-state index contributed by atoms with van der Waals surface area (Å²) in [6, 6.07) is 14.2. The fourth-order valence-corrected chi connectivity index (χ4v) is 6.57. The lowest BCUT2D eigenvalue weighted by atomic mass is 9.95. The number of halogens is 5. The van der Waals surface area contributed by atoms with Crippen molar-refractivity contribution in [3.8, 4) is 22.5 Å². The number of amides is 2. The highest BCUT2D eigenvalue weighted by atomic mass is 32.2. The van der Waals surface area contributed by atoms with Gasteiger partial charge in [0.2, 0.25) is 10.0 Å². The Bertz CT molecular complexity index is 1990. The average Bonchev–Trinajstić information content (AvgIpc) is 3.43. The van der Waals surface area contributed by atoms with Gasteiger partial charge in [-0.15, -0.1) is 0 Å². The van der Waals surface area contributed by atoms with E-state index >= 15 is 0 Å². The number of sulfonamides is 1. The first-order chi connectivity index (χ1) is 22.6. The molecule has 254 valence electrons. The fourth-order valence-electron chi connectivity index (χ4n) is 5.66. The fraction of sp³-hybridized carbons (Fsp3) is 0.303. The first-order valence-electron chi connectivity index (χ1n) is 14.8. The summed E-state index contributed by atoms with van der Waals surface area (Å²) in [5.41, 5.74) is 1.32. The summed E-state index contributed by atoms with van der Waals surface area (Å²) in [7, 11) is -4.07. The van der Waals surface area contributed by atoms with E-state index in [0.717, 1.165) is 10.6 Å². The van der Waals surface area contributed by atoms with Crippen molar-refractivity contribution in [1.82, 2.24) is 9.80 Å². The molecule has 0 atom stereocenters. The number of hydrogen-bond donors (Lipinski definition) is 0. The van der Waals surface area contributed by atoms with E-state index < -0.39 is 47.1 Å². The standard InChI is InChI=1S/C33H30F5N3O6S/c1-3-27(42)29-25-18-24(21-5-4-6-22(17-21)31(43)39-13-15-40(16-14-39)32(44)33(36,37)38)26(41(12-11-34)48(2,45)46)19-28(25)47-30(29)20-7-9-23(35)10-8-20/h4-10,17-19H,3,11-16H2,1-2H3. The van der Waals surface area contributed by atoms with E-state index in [1.807, 2.05) is 0 Å². The number of anilines is 1. The third-order valence-corrected chi connectivity index (χ3v) is 9.17. The molecule has 1 aliphatic heterocycles. The van der Waals surface area contributed by atoms with Gasteiger partial charge in [-0.25, -0.2) is 17.2 Å². The zero-order valence-corrected chi connectivity index (χ0v) is 26.6. The zero-order chi connectivity index (χ0) is 35.0. The van der Waals surface area contributed by atoms with Crippen molar-refractivity contribution in [3.05, 3.63) is 77.6 Å². The van der Waals surface area contributed by atoms with Gasteiger partial charge in [-0.05, 0) is 48.0 Å². The zero-order valence-electron chi connectivity index (χ0n) is 25.8. The summed E-state index contributed by atoms with van der Waals surface area (Å²) >= 11 is 0. The molecular weight excluding hydrogens is 661 g/mol. The number of rotatable bonds is 9. The summed E-state index contributed by atoms with van der Waals surface area (Å²) in [5.74, 6) is -3.22. The van der Waals surface area contributed by atoms with Gasteiger partial charge in [0, 0.05) is 60.7 Å². The van der Waals surface area contributed by atoms with Crippen LogP contribution in [0, 0.1) is 5.82 Å². The average molecular weight is 692 g/mol. The predicted molar refractivity (Wildman–Crippen MR) is 168 cm³/mol. The number of carbonyl (C=O) groups excluding carboxylic acids is 3. The third kappa shape index (κ3) is 6.91. The number of nitrogens with zero attached hydrogens (tertiary/aromatic N) is 3. The molecule has 1 fully saturated rings. The van der Waals surface area contributed by atoms with Crippen LogP contribution in [0.4, 0.5) is 27.6 Å². The van der Waals surface area contributed by atoms with Gasteiger partial charge in [0.15, 0.2) is 5.78 Å². The molecule has 15 heteroatoms. The van der Waals surface area contributed by atoms with Gasteiger partial charge in [-0.3, -0.25) is 18.7 Å². The Kier molecular flexibility index (Phi) is 9.62. The van der Waals surface area contributed by atoms with Crippen molar-refractivity contribution in [2.45, 2.75) is 19.5 Å². The van der Waals surface area contributed by atoms with Crippen LogP contribution in [-0.2, 0) is 14.8 Å². The van der Waals surface area contributed by atoms with Gasteiger partial charge < -0.3 is 14.2 Å². The van der Waals surface area contributed by atoms with Crippen LogP contribution in [0.5, 0.6) is 0 Å². The lowest BCUT2D eigenvalue weighted by molar-refractivity contribution is -0.186. The van der Waals surface area contributed by atoms with E-state index in [0.29, 0.717) is 21.4 Å². The van der Waals surface area contributed by atoms with Crippen LogP contribution in [-0.4, -0.2) is 87.6 Å². The molecule has 2 heterocycles. The molecular formula is C33H30F5N3O6S. The molecule has 1 aromatic heterocycles. The largest absolute Gasteiger partial charge is 0.471 e. The monoisotopic (exact) mass is 691 g/mol. The summed E-state index contributed by atoms with van der Waals surface area (Å²) in [5, 5.41) is 0.302. The molecule has 5 rings (SSSR count). The van der Waals surface area contributed by atoms with Crippen molar-refractivity contribution in [2.75, 3.05) is 50.0 Å². The second kappa shape index (κ2) is 13.4. The van der Waals surface area contributed by atoms with Gasteiger partial charge in [0.1, 0.15) is 23.8 Å². The molecule has 0 bridgehead atoms. The molecule has 3 aromatic carbocycles. The minimum absolute atomic E-state index is 0.00132. The number of hydrogen-bond acceptors (Lipinski definition) is 6. The number of furan rings is 1. The molecule has 0 saturated carbocycles. The molecule has 2 amide bonds. The van der Waals surface area contributed by atoms with Crippen LogP contribution in [0.15, 0.2) is 65.1 Å². The van der Waals surface area contributed by atoms with Crippen molar-refractivity contribution >= 4 is 44.3 Å². The van der Waals surface area contributed by atoms with Crippen molar-refractivity contribution in [1.29, 1.82) is 0 Å². The van der Waals surface area contributed by atoms with Crippen molar-refractivity contribution in [2.24, 2.45) is 0 Å². The number of benzene rings is 3. The van der Waals surface area contributed by atoms with E-state index in [1.165, 1.54) is 59.5 Å². The lowest BCUT2D eigenvalue weighted by Crippen LogP contribution is -2.53. The quantitative estimate of drug-likeness (QED) is 0.156. The molecule has 48 heavy (non-hydrogen) atoms. The second-order valence-electron chi connectivity index (χ2n) is 11.1. The smallest absolute Gasteiger partial charge is 0.455 e. The molecule has 4 aromatic rings. The van der Waals surface area contributed by atoms with Crippen LogP contribution in [0.25, 0.3) is 33.4 Å². The first kappa shape index (κ1) is 34.5. The molecule has 0 aliphatic carbocycles. The summed E-state index contributed by atoms with van der Waals surface area (Å²) in [4.78, 5) is 40.3. The maximum absolute atomic E-state index is 13.8. The van der Waals surface area contributed by atoms with Crippen LogP contribution in [0.2, 0.25) is 0 Å². The van der Waals surface area contributed by atoms with Crippen molar-refractivity contribution < 1.29 is 49.2 Å². The number of Topliss-reactive ketones (excluding diaryl/α,β-unsaturated/α-hetero) is 1. The Morgan fingerprint density at radius 1 is 0.917 bits per heavy atom. The second-order valence-corrected chi connectivity index (χ2v) is 13.0. The summed E-state index contributed by atoms with van der Waals surface area (Å²) < 4.78 is 98.9. The highest BCUT2D eigenvalue weighted by molar-refractivity contribution is 7.92. The van der Waals surface area contributed by atoms with Gasteiger partial charge in [0.05, 0.1) is 24.1 Å². The van der Waals surface area contributed by atoms with Gasteiger partial charge in [-0.2, -0.15) is 13.2 Å². The molecule has 1 aliphatic rings. The van der Waals surface area contributed by atoms with E-state index in [-0.39, 0.29) is 72.1 Å². The minimum atomic E-state index is -5.03. The predicted octanol–water partition coefficient (Wildman–Crippen LogP) is 6.08. The highest BCUT2D eigenvalue weighted by Gasteiger charge is 2.43. The van der Waals surface area contributed by atoms with E-state index in [4.69, 9.17) is 4.42 Å². The number of piperazine rings is 1. The number of fused-ring (bicyclic) bond motifs is 1. The van der Waals surface area contributed by atoms with Gasteiger partial charge in [0.25, 0.3) is 5.91 Å². The summed E-state index contributed by atoms with van der Waals surface area (Å²) in [6.45, 7) is -0.877. The highest BCUT2D eigenvalue weighted by Crippen LogP contribution is 2.42. The van der Waals surface area contributed by atoms with E-state index in [9.17, 15) is 44.8 Å². The topological polar surface area (TPSA) is 108 Å². The summed E-state index contributed by atoms with van der Waals surface area (Å²) in [6.07, 6.45) is -4.06.